The van der Waals surface area contributed by atoms with E-state index in [4.69, 9.17) is 17.0 Å². The summed E-state index contributed by atoms with van der Waals surface area (Å²) in [5.41, 5.74) is -1.73. The van der Waals surface area contributed by atoms with E-state index in [1.165, 1.54) is 54.9 Å². The van der Waals surface area contributed by atoms with Crippen LogP contribution in [-0.2, 0) is 19.9 Å². The summed E-state index contributed by atoms with van der Waals surface area (Å²) in [5, 5.41) is 22.0. The molecule has 0 radical (unpaired) electrons. The van der Waals surface area contributed by atoms with Gasteiger partial charge in [0.2, 0.25) is 5.91 Å². The van der Waals surface area contributed by atoms with Crippen molar-refractivity contribution in [2.45, 2.75) is 122 Å². The number of aliphatic carboxylic acids is 1. The molecule has 2 aromatic rings. The molecule has 1 aliphatic rings. The summed E-state index contributed by atoms with van der Waals surface area (Å²) >= 11 is 7.85. The molecule has 264 valence electrons. The quantitative estimate of drug-likeness (QED) is 0.0721. The molecule has 3 atom stereocenters. The number of nitrogens with zero attached hydrogens (tertiary/aromatic N) is 1. The van der Waals surface area contributed by atoms with Gasteiger partial charge in [-0.2, -0.15) is 11.8 Å². The molecule has 2 aromatic carbocycles. The van der Waals surface area contributed by atoms with Gasteiger partial charge in [-0.3, -0.25) is 9.69 Å². The zero-order valence-corrected chi connectivity index (χ0v) is 31.1. The van der Waals surface area contributed by atoms with Gasteiger partial charge in [-0.15, -0.1) is 0 Å². The highest BCUT2D eigenvalue weighted by molar-refractivity contribution is 7.99. The molecule has 1 saturated heterocycles. The topological polar surface area (TPSA) is 87.1 Å². The molecule has 1 heterocycles. The highest BCUT2D eigenvalue weighted by Gasteiger charge is 2.60. The van der Waals surface area contributed by atoms with E-state index >= 15 is 0 Å². The van der Waals surface area contributed by atoms with Crippen LogP contribution in [0.5, 0.6) is 0 Å². The van der Waals surface area contributed by atoms with Crippen molar-refractivity contribution in [2.24, 2.45) is 11.8 Å². The van der Waals surface area contributed by atoms with E-state index in [9.17, 15) is 19.8 Å². The van der Waals surface area contributed by atoms with Gasteiger partial charge in [-0.25, -0.2) is 4.79 Å². The van der Waals surface area contributed by atoms with E-state index in [0.717, 1.165) is 30.4 Å². The summed E-state index contributed by atoms with van der Waals surface area (Å²) in [6, 6.07) is 18.8. The summed E-state index contributed by atoms with van der Waals surface area (Å²) < 4.78 is 6.62. The Hall–Kier alpha value is -2.68. The van der Waals surface area contributed by atoms with Gasteiger partial charge >= 0.3 is 5.97 Å². The van der Waals surface area contributed by atoms with Gasteiger partial charge in [0.15, 0.2) is 11.2 Å². The SMILES string of the molecule is CCCCCCCSCCCCCCC=C[C@H](C(=O)N1C(=S)OC(c2ccccc2)(c2ccccc2)C1C(C)C)[C@@](O)(CCC)C(=O)O. The molecule has 48 heavy (non-hydrogen) atoms. The van der Waals surface area contributed by atoms with Crippen LogP contribution < -0.4 is 0 Å². The Bertz CT molecular complexity index is 1260. The van der Waals surface area contributed by atoms with Crippen molar-refractivity contribution in [3.8, 4) is 0 Å². The van der Waals surface area contributed by atoms with Gasteiger partial charge in [-0.05, 0) is 61.7 Å². The van der Waals surface area contributed by atoms with E-state index in [1.807, 2.05) is 92.3 Å². The van der Waals surface area contributed by atoms with Gasteiger partial charge in [0.25, 0.3) is 5.17 Å². The lowest BCUT2D eigenvalue weighted by Gasteiger charge is -2.39. The fourth-order valence-electron chi connectivity index (χ4n) is 6.87. The normalized spacial score (nSPS) is 17.8. The maximum absolute atomic E-state index is 14.7. The van der Waals surface area contributed by atoms with Crippen LogP contribution in [0.4, 0.5) is 0 Å². The highest BCUT2D eigenvalue weighted by atomic mass is 32.2. The number of thioether (sulfide) groups is 1. The lowest BCUT2D eigenvalue weighted by molar-refractivity contribution is -0.169. The molecule has 0 spiro atoms. The van der Waals surface area contributed by atoms with E-state index < -0.39 is 35.0 Å². The van der Waals surface area contributed by atoms with Crippen LogP contribution in [0.3, 0.4) is 0 Å². The van der Waals surface area contributed by atoms with Gasteiger partial charge in [0.1, 0.15) is 0 Å². The number of carbonyl (C=O) groups excluding carboxylic acids is 1. The number of carboxylic acid groups (broad SMARTS) is 1. The summed E-state index contributed by atoms with van der Waals surface area (Å²) in [5.74, 6) is -1.02. The number of unbranched alkanes of at least 4 members (excludes halogenated alkanes) is 8. The van der Waals surface area contributed by atoms with Crippen molar-refractivity contribution in [3.05, 3.63) is 83.9 Å². The first-order chi connectivity index (χ1) is 23.1. The first-order valence-corrected chi connectivity index (χ1v) is 19.6. The van der Waals surface area contributed by atoms with Gasteiger partial charge in [0.05, 0.1) is 12.0 Å². The molecule has 2 N–H and O–H groups in total. The summed E-state index contributed by atoms with van der Waals surface area (Å²) in [6.45, 7) is 8.07. The molecule has 1 aliphatic heterocycles. The smallest absolute Gasteiger partial charge is 0.336 e. The molecule has 1 fully saturated rings. The third kappa shape index (κ3) is 9.95. The van der Waals surface area contributed by atoms with Crippen molar-refractivity contribution in [3.63, 3.8) is 0 Å². The number of carbonyl (C=O) groups is 2. The van der Waals surface area contributed by atoms with Crippen LogP contribution in [0.15, 0.2) is 72.8 Å². The van der Waals surface area contributed by atoms with E-state index in [2.05, 4.69) is 6.92 Å². The number of ether oxygens (including phenoxy) is 1. The van der Waals surface area contributed by atoms with Gasteiger partial charge in [0, 0.05) is 11.1 Å². The zero-order valence-electron chi connectivity index (χ0n) is 29.4. The fourth-order valence-corrected chi connectivity index (χ4v) is 8.22. The van der Waals surface area contributed by atoms with Crippen LogP contribution >= 0.6 is 24.0 Å². The Morgan fingerprint density at radius 2 is 1.44 bits per heavy atom. The standard InChI is InChI=1S/C40H57NO5S2/c1-5-7-8-12-21-29-48-30-22-13-10-9-11-20-27-34(39(45,28-6-2)37(43)44)36(42)41-35(31(3)4)40(46-38(41)47,32-23-16-14-17-24-32)33-25-18-15-19-26-33/h14-20,23-27,31,34-35,45H,5-13,21-22,28-30H2,1-4H3,(H,43,44)/t34-,35?,39+/m1/s1. The molecule has 3 rings (SSSR count). The van der Waals surface area contributed by atoms with Crippen LogP contribution in [-0.4, -0.2) is 55.3 Å². The predicted molar refractivity (Wildman–Crippen MR) is 202 cm³/mol. The first kappa shape index (κ1) is 39.8. The van der Waals surface area contributed by atoms with Crippen molar-refractivity contribution in [1.82, 2.24) is 4.90 Å². The largest absolute Gasteiger partial charge is 0.479 e. The Labute approximate surface area is 298 Å². The third-order valence-corrected chi connectivity index (χ3v) is 10.8. The van der Waals surface area contributed by atoms with E-state index in [0.29, 0.717) is 12.8 Å². The Balaban J connectivity index is 1.80. The summed E-state index contributed by atoms with van der Waals surface area (Å²) in [7, 11) is 0. The highest BCUT2D eigenvalue weighted by Crippen LogP contribution is 2.48. The Kier molecular flexibility index (Phi) is 16.7. The third-order valence-electron chi connectivity index (χ3n) is 9.33. The molecule has 1 amide bonds. The predicted octanol–water partition coefficient (Wildman–Crippen LogP) is 9.54. The number of thiocarbonyl (C=S) groups is 1. The van der Waals surface area contributed by atoms with E-state index in [1.54, 1.807) is 13.0 Å². The number of hydrogen-bond donors (Lipinski definition) is 2. The molecule has 6 nitrogen and oxygen atoms in total. The molecular weight excluding hydrogens is 639 g/mol. The number of hydrogen-bond acceptors (Lipinski definition) is 6. The zero-order chi connectivity index (χ0) is 35.0. The maximum atomic E-state index is 14.7. The minimum absolute atomic E-state index is 0.0205. The number of rotatable bonds is 22. The Morgan fingerprint density at radius 1 is 0.896 bits per heavy atom. The van der Waals surface area contributed by atoms with Gasteiger partial charge in [-0.1, -0.05) is 145 Å². The van der Waals surface area contributed by atoms with Crippen LogP contribution in [0, 0.1) is 11.8 Å². The molecule has 0 saturated carbocycles. The van der Waals surface area contributed by atoms with Crippen molar-refractivity contribution >= 4 is 41.0 Å². The lowest BCUT2D eigenvalue weighted by Crippen LogP contribution is -2.56. The average Bonchev–Trinajstić information content (AvgIpc) is 3.41. The number of amides is 1. The second-order valence-corrected chi connectivity index (χ2v) is 14.9. The van der Waals surface area contributed by atoms with Crippen LogP contribution in [0.2, 0.25) is 0 Å². The second-order valence-electron chi connectivity index (χ2n) is 13.3. The fraction of sp³-hybridized carbons (Fsp3) is 0.575. The number of carboxylic acids is 1. The molecule has 0 bridgehead atoms. The Morgan fingerprint density at radius 3 is 1.94 bits per heavy atom. The van der Waals surface area contributed by atoms with Gasteiger partial charge < -0.3 is 14.9 Å². The molecule has 0 aromatic heterocycles. The maximum Gasteiger partial charge on any atom is 0.336 e. The lowest BCUT2D eigenvalue weighted by atomic mass is 9.75. The summed E-state index contributed by atoms with van der Waals surface area (Å²) in [4.78, 5) is 28.8. The van der Waals surface area contributed by atoms with Crippen molar-refractivity contribution in [1.29, 1.82) is 0 Å². The number of allylic oxidation sites excluding steroid dienone is 1. The first-order valence-electron chi connectivity index (χ1n) is 18.0. The molecular formula is C40H57NO5S2. The number of benzene rings is 2. The van der Waals surface area contributed by atoms with E-state index in [-0.39, 0.29) is 17.5 Å². The van der Waals surface area contributed by atoms with Crippen LogP contribution in [0.25, 0.3) is 0 Å². The van der Waals surface area contributed by atoms with Crippen molar-refractivity contribution < 1.29 is 24.5 Å². The minimum atomic E-state index is -2.29. The minimum Gasteiger partial charge on any atom is -0.479 e. The van der Waals surface area contributed by atoms with Crippen LogP contribution in [0.1, 0.15) is 116 Å². The van der Waals surface area contributed by atoms with Crippen molar-refractivity contribution in [2.75, 3.05) is 11.5 Å². The summed E-state index contributed by atoms with van der Waals surface area (Å²) in [6.07, 6.45) is 15.4. The monoisotopic (exact) mass is 695 g/mol. The molecule has 8 heteroatoms. The average molecular weight is 696 g/mol. The number of aliphatic hydroxyl groups is 1. The second kappa shape index (κ2) is 20.1. The molecule has 0 aliphatic carbocycles. The molecule has 1 unspecified atom stereocenters.